The molecule has 2 aromatic heterocycles. The van der Waals surface area contributed by atoms with Crippen molar-refractivity contribution in [1.82, 2.24) is 15.3 Å². The van der Waals surface area contributed by atoms with Gasteiger partial charge in [0.25, 0.3) is 5.91 Å². The third-order valence-corrected chi connectivity index (χ3v) is 7.46. The van der Waals surface area contributed by atoms with Gasteiger partial charge in [-0.3, -0.25) is 4.79 Å². The lowest BCUT2D eigenvalue weighted by molar-refractivity contribution is 0.0470. The first-order valence-electron chi connectivity index (χ1n) is 15.0. The Bertz CT molecular complexity index is 2000. The molecule has 46 heavy (non-hydrogen) atoms. The number of aromatic nitrogens is 2. The third-order valence-electron chi connectivity index (χ3n) is 7.46. The highest BCUT2D eigenvalue weighted by atomic mass is 16.6. The molecule has 6 aromatic rings. The van der Waals surface area contributed by atoms with E-state index in [0.29, 0.717) is 28.3 Å². The summed E-state index contributed by atoms with van der Waals surface area (Å²) in [5.41, 5.74) is 2.45. The molecule has 0 fully saturated rings. The number of hydrogen-bond acceptors (Lipinski definition) is 7. The van der Waals surface area contributed by atoms with E-state index in [1.807, 2.05) is 120 Å². The molecule has 0 spiro atoms. The lowest BCUT2D eigenvalue weighted by Crippen LogP contribution is -2.45. The maximum Gasteiger partial charge on any atom is 0.408 e. The molecule has 4 aromatic carbocycles. The second kappa shape index (κ2) is 12.0. The molecule has 0 saturated carbocycles. The van der Waals surface area contributed by atoms with Crippen LogP contribution in [0.4, 0.5) is 22.0 Å². The number of nitrogens with one attached hydrogen (secondary N) is 1. The number of fused-ring (bicyclic) bond motifs is 3. The highest BCUT2D eigenvalue weighted by molar-refractivity contribution is 6.13. The van der Waals surface area contributed by atoms with E-state index in [9.17, 15) is 9.59 Å². The monoisotopic (exact) mass is 613 g/mol. The Labute approximate surface area is 267 Å². The predicted molar refractivity (Wildman–Crippen MR) is 180 cm³/mol. The number of rotatable bonds is 7. The molecule has 2 amide bonds. The Morgan fingerprint density at radius 1 is 0.783 bits per heavy atom. The normalized spacial score (nSPS) is 11.8. The summed E-state index contributed by atoms with van der Waals surface area (Å²) in [6, 6.07) is 32.0. The average molecular weight is 614 g/mol. The molecule has 0 aliphatic heterocycles. The van der Waals surface area contributed by atoms with Crippen molar-refractivity contribution in [2.75, 3.05) is 10.0 Å². The number of carbonyl (C=O) groups excluding carboxylic acids is 2. The first kappa shape index (κ1) is 30.3. The van der Waals surface area contributed by atoms with Gasteiger partial charge in [-0.2, -0.15) is 0 Å². The van der Waals surface area contributed by atoms with Gasteiger partial charge in [0, 0.05) is 28.6 Å². The van der Waals surface area contributed by atoms with E-state index in [1.54, 1.807) is 34.4 Å². The summed E-state index contributed by atoms with van der Waals surface area (Å²) in [5, 5.41) is 8.15. The van der Waals surface area contributed by atoms with Crippen LogP contribution in [0.15, 0.2) is 120 Å². The molecule has 0 aliphatic rings. The van der Waals surface area contributed by atoms with Gasteiger partial charge in [0.15, 0.2) is 11.4 Å². The molecule has 2 heterocycles. The smallest absolute Gasteiger partial charge is 0.408 e. The van der Waals surface area contributed by atoms with Crippen LogP contribution >= 0.6 is 0 Å². The van der Waals surface area contributed by atoms with Crippen molar-refractivity contribution < 1.29 is 18.7 Å². The molecular weight excluding hydrogens is 578 g/mol. The zero-order chi connectivity index (χ0) is 32.5. The maximum atomic E-state index is 14.7. The Balaban J connectivity index is 1.45. The number of alkyl carbamates (subject to hydrolysis) is 1. The van der Waals surface area contributed by atoms with Crippen LogP contribution in [0.2, 0.25) is 0 Å². The first-order chi connectivity index (χ1) is 22.0. The number of amides is 2. The highest BCUT2D eigenvalue weighted by Crippen LogP contribution is 2.39. The predicted octanol–water partition coefficient (Wildman–Crippen LogP) is 8.54. The van der Waals surface area contributed by atoms with Gasteiger partial charge in [0.1, 0.15) is 23.2 Å². The number of anilines is 3. The van der Waals surface area contributed by atoms with E-state index in [2.05, 4.69) is 15.3 Å². The summed E-state index contributed by atoms with van der Waals surface area (Å²) in [5.74, 6) is 0.168. The number of benzene rings is 4. The van der Waals surface area contributed by atoms with E-state index in [4.69, 9.17) is 9.15 Å². The number of nitrogens with zero attached hydrogens (tertiary/aromatic N) is 4. The molecule has 1 N–H and O–H groups in total. The van der Waals surface area contributed by atoms with Gasteiger partial charge in [-0.05, 0) is 76.6 Å². The number of hydrogen-bond donors (Lipinski definition) is 1. The van der Waals surface area contributed by atoms with E-state index in [1.165, 1.54) is 6.33 Å². The van der Waals surface area contributed by atoms with E-state index in [0.717, 1.165) is 21.9 Å². The topological polar surface area (TPSA) is 101 Å². The van der Waals surface area contributed by atoms with Crippen LogP contribution in [0.5, 0.6) is 0 Å². The maximum absolute atomic E-state index is 14.7. The number of hydrazine groups is 1. The van der Waals surface area contributed by atoms with E-state index >= 15 is 0 Å². The van der Waals surface area contributed by atoms with Gasteiger partial charge < -0.3 is 14.5 Å². The molecule has 0 aliphatic carbocycles. The standard InChI is InChI=1S/C37H35N5O4/c1-36(2,3)46-35(44)40-37(4,5)26-20-18-25(19-21-26)34(43)41(27-12-7-6-8-13-27)42(32-22-23-38-24-39-32)30-16-11-15-29-28-14-9-10-17-31(28)45-33(29)30/h6-24H,1-5H3,(H,40,44). The number of ether oxygens (including phenoxy) is 1. The van der Waals surface area contributed by atoms with Crippen molar-refractivity contribution >= 4 is 51.1 Å². The SMILES string of the molecule is CC(C)(C)OC(=O)NC(C)(C)c1ccc(C(=O)N(c2ccccc2)N(c2ccncn2)c2cccc3c2oc2ccccc23)cc1. The molecule has 0 radical (unpaired) electrons. The minimum absolute atomic E-state index is 0.303. The largest absolute Gasteiger partial charge is 0.454 e. The summed E-state index contributed by atoms with van der Waals surface area (Å²) >= 11 is 0. The average Bonchev–Trinajstić information content (AvgIpc) is 3.42. The van der Waals surface area contributed by atoms with Gasteiger partial charge >= 0.3 is 6.09 Å². The minimum Gasteiger partial charge on any atom is -0.454 e. The summed E-state index contributed by atoms with van der Waals surface area (Å²) in [4.78, 5) is 35.9. The fourth-order valence-electron chi connectivity index (χ4n) is 5.32. The first-order valence-corrected chi connectivity index (χ1v) is 15.0. The molecule has 0 atom stereocenters. The molecular formula is C37H35N5O4. The zero-order valence-corrected chi connectivity index (χ0v) is 26.4. The fraction of sp³-hybridized carbons (Fsp3) is 0.189. The van der Waals surface area contributed by atoms with Crippen LogP contribution in [0.1, 0.15) is 50.5 Å². The lowest BCUT2D eigenvalue weighted by Gasteiger charge is -2.35. The Kier molecular flexibility index (Phi) is 7.92. The molecule has 0 bridgehead atoms. The number of para-hydroxylation sites is 3. The molecule has 9 nitrogen and oxygen atoms in total. The second-order valence-electron chi connectivity index (χ2n) is 12.4. The van der Waals surface area contributed by atoms with Crippen molar-refractivity contribution in [2.24, 2.45) is 0 Å². The summed E-state index contributed by atoms with van der Waals surface area (Å²) in [7, 11) is 0. The number of carbonyl (C=O) groups is 2. The summed E-state index contributed by atoms with van der Waals surface area (Å²) < 4.78 is 11.9. The Morgan fingerprint density at radius 2 is 1.48 bits per heavy atom. The minimum atomic E-state index is -0.757. The molecule has 0 unspecified atom stereocenters. The molecule has 0 saturated heterocycles. The van der Waals surface area contributed by atoms with E-state index < -0.39 is 17.2 Å². The number of furan rings is 1. The fourth-order valence-corrected chi connectivity index (χ4v) is 5.32. The summed E-state index contributed by atoms with van der Waals surface area (Å²) in [6.07, 6.45) is 2.56. The Hall–Kier alpha value is -5.70. The molecule has 9 heteroatoms. The van der Waals surface area contributed by atoms with Crippen molar-refractivity contribution in [3.05, 3.63) is 127 Å². The van der Waals surface area contributed by atoms with Gasteiger partial charge in [0.2, 0.25) is 0 Å². The van der Waals surface area contributed by atoms with Crippen LogP contribution in [-0.4, -0.2) is 27.6 Å². The third kappa shape index (κ3) is 6.12. The van der Waals surface area contributed by atoms with Crippen LogP contribution in [0, 0.1) is 0 Å². The second-order valence-corrected chi connectivity index (χ2v) is 12.4. The van der Waals surface area contributed by atoms with Gasteiger partial charge in [0.05, 0.1) is 11.2 Å². The van der Waals surface area contributed by atoms with Crippen LogP contribution in [0.3, 0.4) is 0 Å². The van der Waals surface area contributed by atoms with Gasteiger partial charge in [-0.15, -0.1) is 0 Å². The van der Waals surface area contributed by atoms with Crippen LogP contribution in [-0.2, 0) is 10.3 Å². The van der Waals surface area contributed by atoms with Crippen molar-refractivity contribution in [3.8, 4) is 0 Å². The summed E-state index contributed by atoms with van der Waals surface area (Å²) in [6.45, 7) is 9.22. The van der Waals surface area contributed by atoms with E-state index in [-0.39, 0.29) is 5.91 Å². The van der Waals surface area contributed by atoms with Crippen LogP contribution < -0.4 is 15.3 Å². The quantitative estimate of drug-likeness (QED) is 0.180. The van der Waals surface area contributed by atoms with Gasteiger partial charge in [-0.1, -0.05) is 60.7 Å². The molecule has 232 valence electrons. The Morgan fingerprint density at radius 3 is 2.17 bits per heavy atom. The van der Waals surface area contributed by atoms with Crippen molar-refractivity contribution in [1.29, 1.82) is 0 Å². The zero-order valence-electron chi connectivity index (χ0n) is 26.4. The van der Waals surface area contributed by atoms with Crippen molar-refractivity contribution in [3.63, 3.8) is 0 Å². The molecule has 6 rings (SSSR count). The van der Waals surface area contributed by atoms with Crippen LogP contribution in [0.25, 0.3) is 21.9 Å². The van der Waals surface area contributed by atoms with Crippen molar-refractivity contribution in [2.45, 2.75) is 45.8 Å². The lowest BCUT2D eigenvalue weighted by atomic mass is 9.93. The van der Waals surface area contributed by atoms with Gasteiger partial charge in [-0.25, -0.2) is 24.8 Å². The highest BCUT2D eigenvalue weighted by Gasteiger charge is 2.31.